The summed E-state index contributed by atoms with van der Waals surface area (Å²) < 4.78 is 8.07. The number of amides is 1. The van der Waals surface area contributed by atoms with Crippen LogP contribution in [0.15, 0.2) is 66.9 Å². The number of aromatic nitrogens is 1. The summed E-state index contributed by atoms with van der Waals surface area (Å²) in [7, 11) is 0. The minimum Gasteiger partial charge on any atom is -0.508 e. The van der Waals surface area contributed by atoms with E-state index in [-0.39, 0.29) is 17.7 Å². The van der Waals surface area contributed by atoms with Crippen LogP contribution in [-0.2, 0) is 6.54 Å². The van der Waals surface area contributed by atoms with Crippen LogP contribution in [0.5, 0.6) is 11.5 Å². The van der Waals surface area contributed by atoms with Crippen LogP contribution in [0.1, 0.15) is 22.1 Å². The van der Waals surface area contributed by atoms with Gasteiger partial charge in [0.25, 0.3) is 5.91 Å². The monoisotopic (exact) mass is 382 g/mol. The molecule has 0 saturated heterocycles. The second-order valence-corrected chi connectivity index (χ2v) is 6.89. The van der Waals surface area contributed by atoms with E-state index in [0.29, 0.717) is 29.5 Å². The smallest absolute Gasteiger partial charge is 0.254 e. The molecular weight excluding hydrogens is 364 g/mol. The number of rotatable bonds is 4. The predicted molar refractivity (Wildman–Crippen MR) is 103 cm³/mol. The Morgan fingerprint density at radius 1 is 1.11 bits per heavy atom. The Kier molecular flexibility index (Phi) is 4.77. The van der Waals surface area contributed by atoms with Gasteiger partial charge in [-0.15, -0.1) is 0 Å². The fourth-order valence-corrected chi connectivity index (χ4v) is 3.58. The predicted octanol–water partition coefficient (Wildman–Crippen LogP) is 4.12. The lowest BCUT2D eigenvalue weighted by Crippen LogP contribution is -2.44. The summed E-state index contributed by atoms with van der Waals surface area (Å²) in [6, 6.07) is 17.4. The van der Waals surface area contributed by atoms with Crippen molar-refractivity contribution in [2.24, 2.45) is 0 Å². The quantitative estimate of drug-likeness (QED) is 0.738. The Hall–Kier alpha value is -2.92. The Balaban J connectivity index is 1.59. The number of ether oxygens (including phenoxy) is 1. The number of carbonyl (C=O) groups is 1. The molecule has 5 nitrogen and oxygen atoms in total. The molecule has 27 heavy (non-hydrogen) atoms. The largest absolute Gasteiger partial charge is 0.508 e. The molecule has 1 N–H and O–H groups in total. The van der Waals surface area contributed by atoms with Crippen molar-refractivity contribution in [3.05, 3.63) is 83.1 Å². The van der Waals surface area contributed by atoms with Crippen LogP contribution in [0.3, 0.4) is 0 Å². The van der Waals surface area contributed by atoms with Crippen molar-refractivity contribution in [3.8, 4) is 11.5 Å². The maximum absolute atomic E-state index is 13.1. The molecular formula is C21H19ClN2O3. The molecule has 6 heteroatoms. The van der Waals surface area contributed by atoms with Gasteiger partial charge >= 0.3 is 0 Å². The molecule has 4 rings (SSSR count). The van der Waals surface area contributed by atoms with E-state index in [4.69, 9.17) is 16.3 Å². The molecule has 0 bridgehead atoms. The van der Waals surface area contributed by atoms with Crippen molar-refractivity contribution in [1.29, 1.82) is 0 Å². The Bertz CT molecular complexity index is 952. The van der Waals surface area contributed by atoms with Gasteiger partial charge in [0.05, 0.1) is 0 Å². The van der Waals surface area contributed by atoms with Gasteiger partial charge in [-0.2, -0.15) is 0 Å². The van der Waals surface area contributed by atoms with E-state index in [1.165, 1.54) is 0 Å². The van der Waals surface area contributed by atoms with E-state index in [0.717, 1.165) is 12.2 Å². The van der Waals surface area contributed by atoms with E-state index < -0.39 is 0 Å². The summed E-state index contributed by atoms with van der Waals surface area (Å²) in [5, 5.41) is 9.96. The molecule has 1 unspecified atom stereocenters. The van der Waals surface area contributed by atoms with Crippen LogP contribution >= 0.6 is 11.6 Å². The number of carbonyl (C=O) groups excluding carboxylic acids is 1. The lowest BCUT2D eigenvalue weighted by Gasteiger charge is -2.37. The van der Waals surface area contributed by atoms with Crippen molar-refractivity contribution in [3.63, 3.8) is 0 Å². The molecule has 0 radical (unpaired) electrons. The summed E-state index contributed by atoms with van der Waals surface area (Å²) in [6.45, 7) is 1.65. The Labute approximate surface area is 162 Å². The molecule has 0 saturated carbocycles. The summed E-state index contributed by atoms with van der Waals surface area (Å²) in [6.07, 6.45) is 2.02. The molecule has 1 amide bonds. The highest BCUT2D eigenvalue weighted by Crippen LogP contribution is 2.29. The molecule has 0 fully saturated rings. The normalized spacial score (nSPS) is 16.0. The lowest BCUT2D eigenvalue weighted by molar-refractivity contribution is 0.0542. The summed E-state index contributed by atoms with van der Waals surface area (Å²) in [5.74, 6) is 0.766. The second-order valence-electron chi connectivity index (χ2n) is 6.46. The van der Waals surface area contributed by atoms with Crippen molar-refractivity contribution < 1.29 is 14.6 Å². The summed E-state index contributed by atoms with van der Waals surface area (Å²) in [4.78, 5) is 15.0. The van der Waals surface area contributed by atoms with Crippen LogP contribution < -0.4 is 4.74 Å². The van der Waals surface area contributed by atoms with Crippen LogP contribution in [0.4, 0.5) is 0 Å². The Morgan fingerprint density at radius 3 is 2.70 bits per heavy atom. The van der Waals surface area contributed by atoms with Gasteiger partial charge in [-0.3, -0.25) is 4.79 Å². The zero-order valence-electron chi connectivity index (χ0n) is 14.6. The first-order chi connectivity index (χ1) is 13.1. The first kappa shape index (κ1) is 17.5. The molecule has 0 spiro atoms. The maximum Gasteiger partial charge on any atom is 0.254 e. The number of phenols is 1. The molecule has 0 aliphatic carbocycles. The van der Waals surface area contributed by atoms with Crippen LogP contribution in [-0.4, -0.2) is 33.6 Å². The van der Waals surface area contributed by atoms with E-state index in [9.17, 15) is 9.90 Å². The van der Waals surface area contributed by atoms with Gasteiger partial charge < -0.3 is 19.3 Å². The highest BCUT2D eigenvalue weighted by Gasteiger charge is 2.32. The third kappa shape index (κ3) is 3.64. The molecule has 3 aromatic rings. The van der Waals surface area contributed by atoms with Gasteiger partial charge in [-0.25, -0.2) is 0 Å². The van der Waals surface area contributed by atoms with Crippen LogP contribution in [0, 0.1) is 0 Å². The molecule has 1 aliphatic heterocycles. The number of nitrogens with zero attached hydrogens (tertiary/aromatic N) is 2. The zero-order chi connectivity index (χ0) is 18.8. The zero-order valence-corrected chi connectivity index (χ0v) is 15.3. The minimum absolute atomic E-state index is 0.0655. The van der Waals surface area contributed by atoms with Crippen molar-refractivity contribution >= 4 is 17.5 Å². The molecule has 138 valence electrons. The van der Waals surface area contributed by atoms with E-state index >= 15 is 0 Å². The number of fused-ring (bicyclic) bond motifs is 1. The number of benzene rings is 2. The van der Waals surface area contributed by atoms with Crippen molar-refractivity contribution in [2.75, 3.05) is 13.2 Å². The number of hydrogen-bond donors (Lipinski definition) is 1. The van der Waals surface area contributed by atoms with Gasteiger partial charge in [0.15, 0.2) is 0 Å². The molecule has 1 atom stereocenters. The highest BCUT2D eigenvalue weighted by molar-refractivity contribution is 6.30. The molecule has 1 aromatic heterocycles. The number of phenolic OH excluding ortho intramolecular Hbond substituents is 1. The van der Waals surface area contributed by atoms with E-state index in [1.54, 1.807) is 48.5 Å². The van der Waals surface area contributed by atoms with Gasteiger partial charge in [0.1, 0.15) is 24.1 Å². The van der Waals surface area contributed by atoms with Gasteiger partial charge in [-0.05, 0) is 54.6 Å². The Morgan fingerprint density at radius 2 is 1.93 bits per heavy atom. The third-order valence-corrected chi connectivity index (χ3v) is 4.98. The lowest BCUT2D eigenvalue weighted by atomic mass is 10.1. The van der Waals surface area contributed by atoms with Crippen LogP contribution in [0.25, 0.3) is 0 Å². The topological polar surface area (TPSA) is 54.7 Å². The third-order valence-electron chi connectivity index (χ3n) is 4.74. The number of halogens is 1. The van der Waals surface area contributed by atoms with E-state index in [1.807, 2.05) is 23.2 Å². The molecule has 1 aliphatic rings. The SMILES string of the molecule is O=C(c1cccc(Cl)c1)N1CCn2cccc2C1COc1ccc(O)cc1. The highest BCUT2D eigenvalue weighted by atomic mass is 35.5. The average molecular weight is 383 g/mol. The fourth-order valence-electron chi connectivity index (χ4n) is 3.39. The summed E-state index contributed by atoms with van der Waals surface area (Å²) >= 11 is 6.06. The minimum atomic E-state index is -0.214. The van der Waals surface area contributed by atoms with Crippen molar-refractivity contribution in [2.45, 2.75) is 12.6 Å². The second kappa shape index (κ2) is 7.37. The standard InChI is InChI=1S/C21H19ClN2O3/c22-16-4-1-3-15(13-16)21(26)24-12-11-23-10-2-5-19(23)20(24)14-27-18-8-6-17(25)7-9-18/h1-10,13,20,25H,11-12,14H2. The van der Waals surface area contributed by atoms with Crippen LogP contribution in [0.2, 0.25) is 5.02 Å². The first-order valence-corrected chi connectivity index (χ1v) is 9.13. The fraction of sp³-hybridized carbons (Fsp3) is 0.190. The van der Waals surface area contributed by atoms with Gasteiger partial charge in [0, 0.05) is 35.6 Å². The van der Waals surface area contributed by atoms with E-state index in [2.05, 4.69) is 4.57 Å². The number of aromatic hydroxyl groups is 1. The number of hydrogen-bond acceptors (Lipinski definition) is 3. The van der Waals surface area contributed by atoms with Crippen molar-refractivity contribution in [1.82, 2.24) is 9.47 Å². The van der Waals surface area contributed by atoms with Gasteiger partial charge in [0.2, 0.25) is 0 Å². The average Bonchev–Trinajstić information content (AvgIpc) is 3.16. The summed E-state index contributed by atoms with van der Waals surface area (Å²) in [5.41, 5.74) is 1.60. The first-order valence-electron chi connectivity index (χ1n) is 8.75. The molecule has 2 aromatic carbocycles. The maximum atomic E-state index is 13.1. The molecule has 2 heterocycles. The van der Waals surface area contributed by atoms with Gasteiger partial charge in [-0.1, -0.05) is 17.7 Å².